The highest BCUT2D eigenvalue weighted by atomic mass is 19.1. The predicted molar refractivity (Wildman–Crippen MR) is 175 cm³/mol. The molecule has 0 saturated carbocycles. The fourth-order valence-electron chi connectivity index (χ4n) is 6.32. The van der Waals surface area contributed by atoms with Crippen molar-refractivity contribution in [3.05, 3.63) is 84.2 Å². The molecular weight excluding hydrogens is 599 g/mol. The monoisotopic (exact) mass is 636 g/mol. The number of piperidine rings is 1. The molecule has 2 aliphatic rings. The van der Waals surface area contributed by atoms with Gasteiger partial charge in [0.05, 0.1) is 6.54 Å². The van der Waals surface area contributed by atoms with Crippen LogP contribution >= 0.6 is 0 Å². The molecule has 0 aliphatic carbocycles. The average Bonchev–Trinajstić information content (AvgIpc) is 3.46. The number of nitrogens with zero attached hydrogens (tertiary/aromatic N) is 7. The van der Waals surface area contributed by atoms with Crippen molar-refractivity contribution in [2.45, 2.75) is 38.1 Å². The zero-order valence-corrected chi connectivity index (χ0v) is 26.7. The zero-order chi connectivity index (χ0) is 33.3. The Hall–Kier alpha value is -5.28. The van der Waals surface area contributed by atoms with Crippen molar-refractivity contribution >= 4 is 23.1 Å². The molecule has 0 radical (unpaired) electrons. The van der Waals surface area contributed by atoms with Crippen LogP contribution in [0.3, 0.4) is 0 Å². The van der Waals surface area contributed by atoms with E-state index in [9.17, 15) is 14.9 Å². The molecule has 2 amide bonds. The second-order valence-corrected chi connectivity index (χ2v) is 12.6. The van der Waals surface area contributed by atoms with E-state index >= 15 is 4.39 Å². The number of ether oxygens (including phenoxy) is 1. The number of nitriles is 1. The molecule has 2 aromatic heterocycles. The highest BCUT2D eigenvalue weighted by Gasteiger charge is 2.35. The Morgan fingerprint density at radius 3 is 2.66 bits per heavy atom. The number of nitrogens with two attached hydrogens (primary N) is 1. The fraction of sp³-hybridized carbons (Fsp3) is 0.343. The number of fused-ring (bicyclic) bond motifs is 1. The summed E-state index contributed by atoms with van der Waals surface area (Å²) < 4.78 is 23.3. The molecule has 11 nitrogen and oxygen atoms in total. The first-order chi connectivity index (χ1) is 22.6. The van der Waals surface area contributed by atoms with Crippen LogP contribution in [0.4, 0.5) is 10.2 Å². The molecule has 12 heteroatoms. The summed E-state index contributed by atoms with van der Waals surface area (Å²) in [5, 5.41) is 10.1. The van der Waals surface area contributed by atoms with Gasteiger partial charge in [-0.25, -0.2) is 14.4 Å². The Bertz CT molecular complexity index is 1900. The van der Waals surface area contributed by atoms with Crippen LogP contribution in [0.15, 0.2) is 72.6 Å². The molecule has 1 atom stereocenters. The van der Waals surface area contributed by atoms with Crippen LogP contribution in [0.1, 0.15) is 38.4 Å². The molecule has 2 saturated heterocycles. The molecule has 0 unspecified atom stereocenters. The van der Waals surface area contributed by atoms with Crippen LogP contribution in [0, 0.1) is 17.1 Å². The lowest BCUT2D eigenvalue weighted by Gasteiger charge is -2.41. The summed E-state index contributed by atoms with van der Waals surface area (Å²) in [7, 11) is 1.77. The van der Waals surface area contributed by atoms with Gasteiger partial charge in [0.1, 0.15) is 51.8 Å². The minimum absolute atomic E-state index is 0.0000889. The van der Waals surface area contributed by atoms with E-state index in [2.05, 4.69) is 11.1 Å². The van der Waals surface area contributed by atoms with Crippen molar-refractivity contribution in [2.24, 2.45) is 0 Å². The van der Waals surface area contributed by atoms with E-state index in [0.717, 1.165) is 6.42 Å². The number of imidazole rings is 1. The topological polar surface area (TPSA) is 133 Å². The molecule has 6 rings (SSSR count). The number of halogens is 1. The summed E-state index contributed by atoms with van der Waals surface area (Å²) in [6.07, 6.45) is 6.40. The summed E-state index contributed by atoms with van der Waals surface area (Å²) in [4.78, 5) is 40.6. The lowest BCUT2D eigenvalue weighted by molar-refractivity contribution is -0.136. The van der Waals surface area contributed by atoms with Gasteiger partial charge in [0.2, 0.25) is 5.91 Å². The first kappa shape index (κ1) is 31.7. The van der Waals surface area contributed by atoms with E-state index in [1.54, 1.807) is 59.6 Å². The fourth-order valence-corrected chi connectivity index (χ4v) is 6.32. The second-order valence-electron chi connectivity index (χ2n) is 12.6. The Morgan fingerprint density at radius 2 is 1.94 bits per heavy atom. The van der Waals surface area contributed by atoms with Gasteiger partial charge in [-0.2, -0.15) is 5.26 Å². The van der Waals surface area contributed by atoms with Crippen LogP contribution in [0.2, 0.25) is 0 Å². The lowest BCUT2D eigenvalue weighted by Crippen LogP contribution is -2.55. The Labute approximate surface area is 272 Å². The number of hydrogen-bond donors (Lipinski definition) is 1. The Kier molecular flexibility index (Phi) is 8.66. The maximum absolute atomic E-state index is 15.7. The van der Waals surface area contributed by atoms with Gasteiger partial charge in [-0.1, -0.05) is 18.2 Å². The number of rotatable bonds is 7. The number of anilines is 1. The zero-order valence-electron chi connectivity index (χ0n) is 26.7. The second kappa shape index (κ2) is 12.8. The molecule has 2 fully saturated rings. The molecule has 2 aliphatic heterocycles. The minimum Gasteiger partial charge on any atom is -0.457 e. The van der Waals surface area contributed by atoms with E-state index < -0.39 is 11.4 Å². The highest BCUT2D eigenvalue weighted by Crippen LogP contribution is 2.36. The van der Waals surface area contributed by atoms with Gasteiger partial charge in [0, 0.05) is 68.7 Å². The van der Waals surface area contributed by atoms with Gasteiger partial charge in [0.25, 0.3) is 5.91 Å². The van der Waals surface area contributed by atoms with Crippen molar-refractivity contribution < 1.29 is 18.7 Å². The normalized spacial score (nSPS) is 18.0. The lowest BCUT2D eigenvalue weighted by atomic mass is 9.94. The third kappa shape index (κ3) is 6.39. The van der Waals surface area contributed by atoms with Crippen molar-refractivity contribution in [3.63, 3.8) is 0 Å². The Morgan fingerprint density at radius 1 is 1.15 bits per heavy atom. The van der Waals surface area contributed by atoms with Crippen molar-refractivity contribution in [1.29, 1.82) is 5.26 Å². The third-order valence-corrected chi connectivity index (χ3v) is 8.98. The molecule has 2 N–H and O–H groups in total. The third-order valence-electron chi connectivity index (χ3n) is 8.98. The number of hydrogen-bond acceptors (Lipinski definition) is 8. The molecule has 2 aromatic carbocycles. The number of carbonyl (C=O) groups excluding carboxylic acids is 2. The highest BCUT2D eigenvalue weighted by molar-refractivity contribution is 5.97. The van der Waals surface area contributed by atoms with Gasteiger partial charge in [-0.15, -0.1) is 0 Å². The molecule has 0 bridgehead atoms. The van der Waals surface area contributed by atoms with Crippen molar-refractivity contribution in [2.75, 3.05) is 45.5 Å². The summed E-state index contributed by atoms with van der Waals surface area (Å²) in [5.74, 6) is 0.666. The van der Waals surface area contributed by atoms with Crippen molar-refractivity contribution in [3.8, 4) is 28.8 Å². The van der Waals surface area contributed by atoms with E-state index in [1.807, 2.05) is 41.3 Å². The Balaban J connectivity index is 1.27. The summed E-state index contributed by atoms with van der Waals surface area (Å²) in [5.41, 5.74) is 6.75. The number of amides is 2. The van der Waals surface area contributed by atoms with Crippen LogP contribution in [0.5, 0.6) is 11.5 Å². The van der Waals surface area contributed by atoms with Gasteiger partial charge in [0.15, 0.2) is 0 Å². The number of para-hydroxylation sites is 1. The van der Waals surface area contributed by atoms with Crippen LogP contribution < -0.4 is 10.5 Å². The number of likely N-dealkylation sites (tertiary alicyclic amines) is 1. The smallest absolute Gasteiger partial charge is 0.264 e. The van der Waals surface area contributed by atoms with Gasteiger partial charge in [-0.3, -0.25) is 18.9 Å². The van der Waals surface area contributed by atoms with E-state index in [1.165, 1.54) is 6.07 Å². The van der Waals surface area contributed by atoms with Gasteiger partial charge < -0.3 is 20.3 Å². The van der Waals surface area contributed by atoms with Crippen LogP contribution in [-0.2, 0) is 9.59 Å². The largest absolute Gasteiger partial charge is 0.457 e. The maximum Gasteiger partial charge on any atom is 0.264 e. The average molecular weight is 637 g/mol. The molecule has 4 aromatic rings. The van der Waals surface area contributed by atoms with E-state index in [-0.39, 0.29) is 41.2 Å². The van der Waals surface area contributed by atoms with Gasteiger partial charge >= 0.3 is 0 Å². The number of carbonyl (C=O) groups is 2. The summed E-state index contributed by atoms with van der Waals surface area (Å²) >= 11 is 0. The summed E-state index contributed by atoms with van der Waals surface area (Å²) in [6, 6.07) is 15.8. The SMILES string of the molecule is CN1CCN(C(C)(C)/C=C(\C#N)C(=O)N2CCC[C@@H](c3nc(-c4ccc(Oc5ccccc5)cc4F)c4c(N)nccn34)C2)CC1=O. The van der Waals surface area contributed by atoms with Gasteiger partial charge in [-0.05, 0) is 57.0 Å². The van der Waals surface area contributed by atoms with E-state index in [0.29, 0.717) is 61.1 Å². The molecule has 4 heterocycles. The number of likely N-dealkylation sites (N-methyl/N-ethyl adjacent to an activating group) is 1. The number of piperazine rings is 1. The number of nitrogen functional groups attached to an aromatic ring is 1. The number of aromatic nitrogens is 3. The standard InChI is InChI=1S/C35H37FN8O3/c1-35(2,43-17-16-41(3)29(45)22-43)19-24(20-37)34(46)42-14-7-8-23(21-42)33-40-30(31-32(38)39-13-15-44(31)33)27-12-11-26(18-28(27)36)47-25-9-5-4-6-10-25/h4-6,9-13,15,18-19,23H,7-8,14,16-17,21-22H2,1-3H3,(H2,38,39)/b24-19+/t23-/m1/s1. The van der Waals surface area contributed by atoms with Crippen LogP contribution in [-0.4, -0.2) is 86.2 Å². The quantitative estimate of drug-likeness (QED) is 0.230. The first-order valence-electron chi connectivity index (χ1n) is 15.6. The predicted octanol–water partition coefficient (Wildman–Crippen LogP) is 4.62. The van der Waals surface area contributed by atoms with Crippen LogP contribution in [0.25, 0.3) is 16.8 Å². The van der Waals surface area contributed by atoms with E-state index in [4.69, 9.17) is 15.5 Å². The maximum atomic E-state index is 15.7. The molecular formula is C35H37FN8O3. The minimum atomic E-state index is -0.683. The molecule has 0 spiro atoms. The number of benzene rings is 2. The summed E-state index contributed by atoms with van der Waals surface area (Å²) in [6.45, 7) is 6.06. The van der Waals surface area contributed by atoms with Crippen molar-refractivity contribution in [1.82, 2.24) is 29.1 Å². The molecule has 47 heavy (non-hydrogen) atoms. The molecule has 242 valence electrons. The first-order valence-corrected chi connectivity index (χ1v) is 15.6.